The van der Waals surface area contributed by atoms with Gasteiger partial charge in [-0.1, -0.05) is 18.2 Å². The smallest absolute Gasteiger partial charge is 0.744 e. The zero-order valence-corrected chi connectivity index (χ0v) is 33.8. The number of hydrogen-bond acceptors (Lipinski definition) is 14. The van der Waals surface area contributed by atoms with Gasteiger partial charge in [-0.3, -0.25) is 20.4 Å². The Morgan fingerprint density at radius 3 is 1.50 bits per heavy atom. The van der Waals surface area contributed by atoms with Crippen molar-refractivity contribution in [3.8, 4) is 11.1 Å². The molecule has 0 aliphatic heterocycles. The normalized spacial score (nSPS) is 15.5. The SMILES string of the molecule is Cc1cc(-c2ccc(N/N=C3\C(=O)c4ccc(N)cc4C=C3S(=O)(=O)[O-])c(C)c2)ccc1N/N=C1/C(=O)c2cc(N)ccc2C=C1S(=O)(=O)[O-].[Na+].[Na+]. The van der Waals surface area contributed by atoms with Gasteiger partial charge in [0.1, 0.15) is 31.7 Å². The molecule has 0 fully saturated rings. The van der Waals surface area contributed by atoms with Gasteiger partial charge in [0.25, 0.3) is 0 Å². The Morgan fingerprint density at radius 2 is 1.02 bits per heavy atom. The van der Waals surface area contributed by atoms with Crippen LogP contribution in [0.4, 0.5) is 22.7 Å². The van der Waals surface area contributed by atoms with Crippen LogP contribution in [0.2, 0.25) is 0 Å². The molecule has 6 N–H and O–H groups in total. The molecule has 0 saturated carbocycles. The van der Waals surface area contributed by atoms with E-state index in [9.17, 15) is 35.5 Å². The van der Waals surface area contributed by atoms with E-state index in [1.165, 1.54) is 36.4 Å². The van der Waals surface area contributed by atoms with E-state index in [2.05, 4.69) is 21.1 Å². The second-order valence-corrected chi connectivity index (χ2v) is 14.2. The van der Waals surface area contributed by atoms with Gasteiger partial charge in [-0.2, -0.15) is 10.2 Å². The minimum atomic E-state index is -5.06. The quantitative estimate of drug-likeness (QED) is 0.0709. The molecule has 52 heavy (non-hydrogen) atoms. The van der Waals surface area contributed by atoms with Gasteiger partial charge in [-0.05, 0) is 114 Å². The van der Waals surface area contributed by atoms with Crippen LogP contribution in [0.1, 0.15) is 43.0 Å². The number of hydrogen-bond donors (Lipinski definition) is 4. The molecule has 18 heteroatoms. The van der Waals surface area contributed by atoms with E-state index in [-0.39, 0.29) is 92.7 Å². The number of carbonyl (C=O) groups excluding carboxylic acids is 2. The van der Waals surface area contributed by atoms with Gasteiger partial charge in [0.15, 0.2) is 0 Å². The summed E-state index contributed by atoms with van der Waals surface area (Å²) in [4.78, 5) is 24.7. The van der Waals surface area contributed by atoms with Gasteiger partial charge in [0, 0.05) is 22.5 Å². The van der Waals surface area contributed by atoms with Gasteiger partial charge >= 0.3 is 59.1 Å². The van der Waals surface area contributed by atoms with E-state index in [0.29, 0.717) is 22.5 Å². The first-order valence-corrected chi connectivity index (χ1v) is 17.5. The minimum Gasteiger partial charge on any atom is -0.744 e. The van der Waals surface area contributed by atoms with E-state index in [1.54, 1.807) is 38.1 Å². The molecule has 4 aromatic carbocycles. The molecule has 0 unspecified atom stereocenters. The average Bonchev–Trinajstić information content (AvgIpc) is 3.04. The van der Waals surface area contributed by atoms with Gasteiger partial charge in [0.2, 0.25) is 11.6 Å². The predicted octanol–water partition coefficient (Wildman–Crippen LogP) is -1.76. The van der Waals surface area contributed by atoms with Crippen LogP contribution in [-0.2, 0) is 20.2 Å². The fraction of sp³-hybridized carbons (Fsp3) is 0.0588. The van der Waals surface area contributed by atoms with E-state index < -0.39 is 53.0 Å². The summed E-state index contributed by atoms with van der Waals surface area (Å²) in [6.07, 6.45) is 2.16. The number of allylic oxidation sites excluding steroid dienone is 2. The number of rotatable bonds is 7. The Morgan fingerprint density at radius 1 is 0.577 bits per heavy atom. The first-order valence-electron chi connectivity index (χ1n) is 14.6. The predicted molar refractivity (Wildman–Crippen MR) is 189 cm³/mol. The van der Waals surface area contributed by atoms with Crippen LogP contribution in [0.15, 0.2) is 92.8 Å². The standard InChI is InChI=1S/C34H28N6O8S2.2Na/c1-17-11-19(4-9-27(17)37-39-31-30(50(46,47)48)15-22-13-23(35)7-8-25(22)33(31)41)20-5-10-28(18(2)12-20)38-40-32-29(49(43,44)45)14-21-3-6-24(36)16-26(21)34(32)42;;/h3-16,37-38H,35-36H2,1-2H3,(H,43,44,45)(H,46,47,48);;/q;2*+1/p-2/b39-31-,40-32+;;. The number of nitrogens with zero attached hydrogens (tertiary/aromatic N) is 2. The molecule has 0 spiro atoms. The summed E-state index contributed by atoms with van der Waals surface area (Å²) < 4.78 is 72.1. The molecule has 0 atom stereocenters. The number of benzene rings is 4. The number of nitrogens with two attached hydrogens (primary N) is 2. The maximum Gasteiger partial charge on any atom is 1.00 e. The van der Waals surface area contributed by atoms with Crippen LogP contribution in [0.25, 0.3) is 23.3 Å². The van der Waals surface area contributed by atoms with Crippen LogP contribution in [-0.4, -0.2) is 48.9 Å². The van der Waals surface area contributed by atoms with Crippen molar-refractivity contribution in [3.63, 3.8) is 0 Å². The van der Waals surface area contributed by atoms with Crippen molar-refractivity contribution in [1.82, 2.24) is 0 Å². The van der Waals surface area contributed by atoms with Crippen molar-refractivity contribution in [2.75, 3.05) is 22.3 Å². The third-order valence-corrected chi connectivity index (χ3v) is 9.71. The molecule has 6 rings (SSSR count). The van der Waals surface area contributed by atoms with Crippen molar-refractivity contribution in [2.45, 2.75) is 13.8 Å². The Bertz CT molecular complexity index is 2530. The summed E-state index contributed by atoms with van der Waals surface area (Å²) in [7, 11) is -10.1. The summed E-state index contributed by atoms with van der Waals surface area (Å²) in [5.74, 6) is -1.53. The van der Waals surface area contributed by atoms with Gasteiger partial charge in [-0.15, -0.1) is 0 Å². The topological polar surface area (TPSA) is 249 Å². The number of nitrogen functional groups attached to an aromatic ring is 2. The fourth-order valence-electron chi connectivity index (χ4n) is 5.46. The number of nitrogens with one attached hydrogen (secondary N) is 2. The van der Waals surface area contributed by atoms with Crippen LogP contribution in [0, 0.1) is 13.8 Å². The summed E-state index contributed by atoms with van der Waals surface area (Å²) in [6.45, 7) is 3.52. The van der Waals surface area contributed by atoms with E-state index in [4.69, 9.17) is 11.5 Å². The summed E-state index contributed by atoms with van der Waals surface area (Å²) in [5, 5.41) is 8.04. The second kappa shape index (κ2) is 15.6. The molecule has 0 heterocycles. The van der Waals surface area contributed by atoms with Crippen LogP contribution in [0.5, 0.6) is 0 Å². The Labute approximate surface area is 343 Å². The molecule has 2 aliphatic rings. The van der Waals surface area contributed by atoms with E-state index in [0.717, 1.165) is 23.3 Å². The Kier molecular flexibility index (Phi) is 12.2. The maximum absolute atomic E-state index is 13.2. The number of fused-ring (bicyclic) bond motifs is 2. The van der Waals surface area contributed by atoms with E-state index >= 15 is 0 Å². The number of carbonyl (C=O) groups is 2. The molecule has 0 bridgehead atoms. The molecule has 2 aliphatic carbocycles. The molecule has 0 aromatic heterocycles. The van der Waals surface area contributed by atoms with Crippen molar-refractivity contribution in [1.29, 1.82) is 0 Å². The van der Waals surface area contributed by atoms with Gasteiger partial charge < -0.3 is 20.6 Å². The maximum atomic E-state index is 13.2. The molecule has 254 valence electrons. The number of Topliss-reactive ketones (excluding diaryl/α,β-unsaturated/α-hetero) is 2. The molecular formula is C34H26N6Na2O8S2. The summed E-state index contributed by atoms with van der Waals surface area (Å²) in [6, 6.07) is 19.1. The first-order chi connectivity index (χ1) is 23.5. The minimum absolute atomic E-state index is 0. The third-order valence-electron chi connectivity index (χ3n) is 8.01. The number of anilines is 4. The van der Waals surface area contributed by atoms with Crippen LogP contribution in [0.3, 0.4) is 0 Å². The van der Waals surface area contributed by atoms with Crippen molar-refractivity contribution < 1.29 is 94.6 Å². The molecule has 0 amide bonds. The fourth-order valence-corrected chi connectivity index (χ4v) is 6.76. The third kappa shape index (κ3) is 8.31. The van der Waals surface area contributed by atoms with Crippen LogP contribution >= 0.6 is 0 Å². The molecule has 14 nitrogen and oxygen atoms in total. The monoisotopic (exact) mass is 756 g/mol. The van der Waals surface area contributed by atoms with Crippen LogP contribution < -0.4 is 81.4 Å². The molecule has 0 saturated heterocycles. The zero-order valence-electron chi connectivity index (χ0n) is 28.2. The Balaban J connectivity index is 0.00000302. The average molecular weight is 757 g/mol. The molecule has 4 aromatic rings. The first kappa shape index (κ1) is 40.8. The summed E-state index contributed by atoms with van der Waals surface area (Å²) >= 11 is 0. The zero-order chi connectivity index (χ0) is 36.1. The van der Waals surface area contributed by atoms with Crippen molar-refractivity contribution in [2.24, 2.45) is 10.2 Å². The van der Waals surface area contributed by atoms with E-state index in [1.807, 2.05) is 12.1 Å². The largest absolute Gasteiger partial charge is 1.00 e. The number of aryl methyl sites for hydroxylation is 2. The van der Waals surface area contributed by atoms with Gasteiger partial charge in [0.05, 0.1) is 21.2 Å². The number of ketones is 2. The summed E-state index contributed by atoms with van der Waals surface area (Å²) in [5.41, 5.74) is 20.8. The second-order valence-electron chi connectivity index (χ2n) is 11.5. The van der Waals surface area contributed by atoms with Crippen molar-refractivity contribution in [3.05, 3.63) is 116 Å². The molecular weight excluding hydrogens is 731 g/mol. The van der Waals surface area contributed by atoms with Gasteiger partial charge in [-0.25, -0.2) is 16.8 Å². The Hall–Kier alpha value is -3.94. The number of hydrazone groups is 2. The molecule has 0 radical (unpaired) electrons. The van der Waals surface area contributed by atoms with Crippen molar-refractivity contribution >= 4 is 78.1 Å².